The Morgan fingerprint density at radius 2 is 1.50 bits per heavy atom. The van der Waals surface area contributed by atoms with E-state index in [1.54, 1.807) is 9.80 Å². The van der Waals surface area contributed by atoms with Gasteiger partial charge >= 0.3 is 6.09 Å². The quantitative estimate of drug-likeness (QED) is 0.770. The highest BCUT2D eigenvalue weighted by molar-refractivity contribution is 5.79. The first-order chi connectivity index (χ1) is 13.7. The van der Waals surface area contributed by atoms with E-state index < -0.39 is 0 Å². The fourth-order valence-electron chi connectivity index (χ4n) is 3.11. The smallest absolute Gasteiger partial charge is 0.410 e. The molecule has 0 N–H and O–H groups in total. The highest BCUT2D eigenvalue weighted by atomic mass is 16.6. The number of rotatable bonds is 6. The lowest BCUT2D eigenvalue weighted by Gasteiger charge is -2.34. The lowest BCUT2D eigenvalue weighted by atomic mass is 10.1. The molecular weight excluding hydrogens is 356 g/mol. The molecule has 0 bridgehead atoms. The van der Waals surface area contributed by atoms with Gasteiger partial charge in [-0.25, -0.2) is 4.79 Å². The summed E-state index contributed by atoms with van der Waals surface area (Å²) in [6.07, 6.45) is 0.0210. The molecule has 28 heavy (non-hydrogen) atoms. The third kappa shape index (κ3) is 5.49. The van der Waals surface area contributed by atoms with Crippen LogP contribution in [0.25, 0.3) is 0 Å². The monoisotopic (exact) mass is 382 g/mol. The van der Waals surface area contributed by atoms with Gasteiger partial charge in [0.15, 0.2) is 0 Å². The topological polar surface area (TPSA) is 59.1 Å². The normalized spacial score (nSPS) is 13.9. The molecule has 3 rings (SSSR count). The highest BCUT2D eigenvalue weighted by Gasteiger charge is 2.25. The summed E-state index contributed by atoms with van der Waals surface area (Å²) in [5.74, 6) is 0.878. The molecule has 1 fully saturated rings. The second-order valence-electron chi connectivity index (χ2n) is 6.66. The summed E-state index contributed by atoms with van der Waals surface area (Å²) in [6, 6.07) is 17.2. The van der Waals surface area contributed by atoms with Crippen LogP contribution in [0.5, 0.6) is 5.75 Å². The second kappa shape index (κ2) is 9.78. The maximum Gasteiger partial charge on any atom is 0.410 e. The Labute approximate surface area is 165 Å². The number of amides is 2. The number of piperazine rings is 1. The molecule has 2 amide bonds. The Kier molecular flexibility index (Phi) is 6.89. The van der Waals surface area contributed by atoms with Gasteiger partial charge in [-0.3, -0.25) is 4.79 Å². The van der Waals surface area contributed by atoms with E-state index in [-0.39, 0.29) is 18.6 Å². The van der Waals surface area contributed by atoms with Gasteiger partial charge in [-0.1, -0.05) is 42.5 Å². The number of hydrogen-bond acceptors (Lipinski definition) is 4. The standard InChI is InChI=1S/C22H26N2O4/c1-2-27-20-10-8-18(9-11-20)16-21(25)23-12-14-24(15-13-23)22(26)28-17-19-6-4-3-5-7-19/h3-11H,2,12-17H2,1H3. The molecule has 0 aromatic heterocycles. The van der Waals surface area contributed by atoms with Gasteiger partial charge < -0.3 is 19.3 Å². The summed E-state index contributed by atoms with van der Waals surface area (Å²) in [7, 11) is 0. The minimum Gasteiger partial charge on any atom is -0.494 e. The van der Waals surface area contributed by atoms with Gasteiger partial charge in [0.25, 0.3) is 0 Å². The SMILES string of the molecule is CCOc1ccc(CC(=O)N2CCN(C(=O)OCc3ccccc3)CC2)cc1. The van der Waals surface area contributed by atoms with Crippen LogP contribution in [0.1, 0.15) is 18.1 Å². The van der Waals surface area contributed by atoms with Gasteiger partial charge in [-0.05, 0) is 30.2 Å². The fraction of sp³-hybridized carbons (Fsp3) is 0.364. The molecule has 6 nitrogen and oxygen atoms in total. The molecule has 1 aliphatic rings. The van der Waals surface area contributed by atoms with Gasteiger partial charge in [-0.2, -0.15) is 0 Å². The van der Waals surface area contributed by atoms with Crippen LogP contribution in [0.3, 0.4) is 0 Å². The first-order valence-corrected chi connectivity index (χ1v) is 9.61. The number of hydrogen-bond donors (Lipinski definition) is 0. The Hall–Kier alpha value is -3.02. The Balaban J connectivity index is 1.42. The largest absolute Gasteiger partial charge is 0.494 e. The zero-order valence-electron chi connectivity index (χ0n) is 16.2. The van der Waals surface area contributed by atoms with Gasteiger partial charge in [0.05, 0.1) is 13.0 Å². The average Bonchev–Trinajstić information content (AvgIpc) is 2.74. The van der Waals surface area contributed by atoms with Crippen molar-refractivity contribution < 1.29 is 19.1 Å². The molecule has 148 valence electrons. The minimum atomic E-state index is -0.331. The van der Waals surface area contributed by atoms with E-state index in [0.29, 0.717) is 39.2 Å². The summed E-state index contributed by atoms with van der Waals surface area (Å²) in [6.45, 7) is 4.85. The summed E-state index contributed by atoms with van der Waals surface area (Å²) in [4.78, 5) is 28.2. The van der Waals surface area contributed by atoms with Crippen LogP contribution in [0.4, 0.5) is 4.79 Å². The molecule has 1 heterocycles. The van der Waals surface area contributed by atoms with Crippen LogP contribution in [-0.2, 0) is 22.6 Å². The van der Waals surface area contributed by atoms with Crippen LogP contribution in [0.15, 0.2) is 54.6 Å². The van der Waals surface area contributed by atoms with Gasteiger partial charge in [0, 0.05) is 26.2 Å². The molecular formula is C22H26N2O4. The van der Waals surface area contributed by atoms with Crippen LogP contribution in [0, 0.1) is 0 Å². The zero-order valence-corrected chi connectivity index (χ0v) is 16.2. The van der Waals surface area contributed by atoms with E-state index in [0.717, 1.165) is 16.9 Å². The third-order valence-corrected chi connectivity index (χ3v) is 4.69. The Bertz CT molecular complexity index is 769. The van der Waals surface area contributed by atoms with Crippen molar-refractivity contribution in [1.82, 2.24) is 9.80 Å². The van der Waals surface area contributed by atoms with Gasteiger partial charge in [0.2, 0.25) is 5.91 Å². The maximum absolute atomic E-state index is 12.5. The molecule has 0 saturated carbocycles. The van der Waals surface area contributed by atoms with Crippen LogP contribution >= 0.6 is 0 Å². The van der Waals surface area contributed by atoms with Crippen molar-refractivity contribution in [2.24, 2.45) is 0 Å². The predicted molar refractivity (Wildman–Crippen MR) is 106 cm³/mol. The molecule has 6 heteroatoms. The van der Waals surface area contributed by atoms with Crippen molar-refractivity contribution in [1.29, 1.82) is 0 Å². The Morgan fingerprint density at radius 3 is 2.14 bits per heavy atom. The molecule has 0 spiro atoms. The molecule has 0 radical (unpaired) electrons. The zero-order chi connectivity index (χ0) is 19.8. The molecule has 0 unspecified atom stereocenters. The van der Waals surface area contributed by atoms with Crippen molar-refractivity contribution in [2.75, 3.05) is 32.8 Å². The van der Waals surface area contributed by atoms with Crippen molar-refractivity contribution in [3.63, 3.8) is 0 Å². The van der Waals surface area contributed by atoms with Gasteiger partial charge in [-0.15, -0.1) is 0 Å². The lowest BCUT2D eigenvalue weighted by Crippen LogP contribution is -2.51. The summed E-state index contributed by atoms with van der Waals surface area (Å²) < 4.78 is 10.8. The van der Waals surface area contributed by atoms with Crippen molar-refractivity contribution in [3.05, 3.63) is 65.7 Å². The Morgan fingerprint density at radius 1 is 0.857 bits per heavy atom. The highest BCUT2D eigenvalue weighted by Crippen LogP contribution is 2.14. The molecule has 2 aromatic carbocycles. The first kappa shape index (κ1) is 19.7. The lowest BCUT2D eigenvalue weighted by molar-refractivity contribution is -0.132. The van der Waals surface area contributed by atoms with Crippen LogP contribution in [0.2, 0.25) is 0 Å². The average molecular weight is 382 g/mol. The fourth-order valence-corrected chi connectivity index (χ4v) is 3.11. The van der Waals surface area contributed by atoms with E-state index in [2.05, 4.69) is 0 Å². The number of ether oxygens (including phenoxy) is 2. The van der Waals surface area contributed by atoms with E-state index in [1.165, 1.54) is 0 Å². The summed E-state index contributed by atoms with van der Waals surface area (Å²) >= 11 is 0. The van der Waals surface area contributed by atoms with Gasteiger partial charge in [0.1, 0.15) is 12.4 Å². The van der Waals surface area contributed by atoms with Crippen molar-refractivity contribution in [2.45, 2.75) is 20.0 Å². The molecule has 1 saturated heterocycles. The van der Waals surface area contributed by atoms with Crippen molar-refractivity contribution >= 4 is 12.0 Å². The predicted octanol–water partition coefficient (Wildman–Crippen LogP) is 3.11. The van der Waals surface area contributed by atoms with Crippen LogP contribution in [-0.4, -0.2) is 54.6 Å². The molecule has 0 aliphatic carbocycles. The molecule has 2 aromatic rings. The van der Waals surface area contributed by atoms with E-state index in [4.69, 9.17) is 9.47 Å². The van der Waals surface area contributed by atoms with E-state index in [9.17, 15) is 9.59 Å². The van der Waals surface area contributed by atoms with Crippen molar-refractivity contribution in [3.8, 4) is 5.75 Å². The third-order valence-electron chi connectivity index (χ3n) is 4.69. The number of nitrogens with zero attached hydrogens (tertiary/aromatic N) is 2. The molecule has 0 atom stereocenters. The number of carbonyl (C=O) groups is 2. The summed E-state index contributed by atoms with van der Waals surface area (Å²) in [5, 5.41) is 0. The number of benzene rings is 2. The maximum atomic E-state index is 12.5. The number of carbonyl (C=O) groups excluding carboxylic acids is 2. The van der Waals surface area contributed by atoms with E-state index in [1.807, 2.05) is 61.5 Å². The first-order valence-electron chi connectivity index (χ1n) is 9.61. The second-order valence-corrected chi connectivity index (χ2v) is 6.66. The minimum absolute atomic E-state index is 0.0708. The summed E-state index contributed by atoms with van der Waals surface area (Å²) in [5.41, 5.74) is 1.91. The van der Waals surface area contributed by atoms with E-state index >= 15 is 0 Å². The molecule has 1 aliphatic heterocycles. The van der Waals surface area contributed by atoms with Crippen LogP contribution < -0.4 is 4.74 Å².